The molecule has 4 heterocycles. The first-order valence-electron chi connectivity index (χ1n) is 10.4. The molecule has 0 unspecified atom stereocenters. The summed E-state index contributed by atoms with van der Waals surface area (Å²) >= 11 is 1.46. The molecule has 2 aliphatic heterocycles. The highest BCUT2D eigenvalue weighted by Crippen LogP contribution is 2.40. The predicted molar refractivity (Wildman–Crippen MR) is 115 cm³/mol. The van der Waals surface area contributed by atoms with Crippen LogP contribution in [0, 0.1) is 0 Å². The quantitative estimate of drug-likeness (QED) is 0.574. The zero-order valence-corrected chi connectivity index (χ0v) is 17.7. The molecule has 1 aromatic carbocycles. The van der Waals surface area contributed by atoms with Crippen LogP contribution in [0.2, 0.25) is 0 Å². The van der Waals surface area contributed by atoms with Crippen molar-refractivity contribution in [2.75, 3.05) is 39.4 Å². The van der Waals surface area contributed by atoms with Crippen LogP contribution >= 0.6 is 11.3 Å². The van der Waals surface area contributed by atoms with Gasteiger partial charge in [0.2, 0.25) is 5.78 Å². The summed E-state index contributed by atoms with van der Waals surface area (Å²) in [4.78, 5) is 30.2. The topological polar surface area (TPSA) is 84.4 Å². The number of hydrogen-bond donors (Lipinski definition) is 2. The van der Waals surface area contributed by atoms with E-state index in [0.29, 0.717) is 25.3 Å². The molecule has 3 aromatic rings. The van der Waals surface area contributed by atoms with Crippen molar-refractivity contribution in [3.8, 4) is 0 Å². The number of carbonyl (C=O) groups is 2. The second-order valence-corrected chi connectivity index (χ2v) is 8.75. The Labute approximate surface area is 183 Å². The number of carbonyl (C=O) groups excluding carboxylic acids is 2. The van der Waals surface area contributed by atoms with Crippen LogP contribution in [0.15, 0.2) is 63.6 Å². The molecule has 0 saturated carbocycles. The number of thiophene rings is 1. The first kappa shape index (κ1) is 20.0. The zero-order valence-electron chi connectivity index (χ0n) is 16.9. The molecule has 0 radical (unpaired) electrons. The number of benzene rings is 1. The molecule has 1 saturated heterocycles. The summed E-state index contributed by atoms with van der Waals surface area (Å²) < 4.78 is 11.2. The summed E-state index contributed by atoms with van der Waals surface area (Å²) in [5.41, 5.74) is 0.680. The van der Waals surface area contributed by atoms with E-state index in [0.717, 1.165) is 29.9 Å². The van der Waals surface area contributed by atoms with Crippen molar-refractivity contribution in [2.45, 2.75) is 6.04 Å². The Morgan fingerprint density at radius 1 is 1.19 bits per heavy atom. The second-order valence-electron chi connectivity index (χ2n) is 7.77. The fraction of sp³-hybridized carbons (Fsp3) is 0.304. The lowest BCUT2D eigenvalue weighted by atomic mass is 10.00. The van der Waals surface area contributed by atoms with Crippen molar-refractivity contribution in [2.24, 2.45) is 0 Å². The zero-order chi connectivity index (χ0) is 21.4. The van der Waals surface area contributed by atoms with Crippen LogP contribution in [0.5, 0.6) is 0 Å². The highest BCUT2D eigenvalue weighted by Gasteiger charge is 2.45. The number of hydrogen-bond acceptors (Lipinski definition) is 6. The average molecular weight is 440 g/mol. The first-order chi connectivity index (χ1) is 15.1. The Kier molecular flexibility index (Phi) is 5.35. The van der Waals surface area contributed by atoms with Crippen LogP contribution < -0.4 is 4.90 Å². The monoisotopic (exact) mass is 439 g/mol. The molecule has 1 amide bonds. The normalized spacial score (nSPS) is 20.2. The lowest BCUT2D eigenvalue weighted by molar-refractivity contribution is -0.907. The molecular formula is C23H23N2O5S+. The summed E-state index contributed by atoms with van der Waals surface area (Å²) in [5.74, 6) is -1.33. The molecule has 160 valence electrons. The van der Waals surface area contributed by atoms with Gasteiger partial charge in [-0.15, -0.1) is 11.3 Å². The minimum absolute atomic E-state index is 0.0866. The molecular weight excluding hydrogens is 416 g/mol. The second kappa shape index (κ2) is 8.30. The highest BCUT2D eigenvalue weighted by atomic mass is 32.1. The molecule has 0 bridgehead atoms. The molecule has 0 spiro atoms. The summed E-state index contributed by atoms with van der Waals surface area (Å²) in [7, 11) is 0. The van der Waals surface area contributed by atoms with E-state index < -0.39 is 23.5 Å². The molecule has 31 heavy (non-hydrogen) atoms. The maximum absolute atomic E-state index is 13.4. The Morgan fingerprint density at radius 2 is 2.00 bits per heavy atom. The maximum atomic E-state index is 13.4. The van der Waals surface area contributed by atoms with Gasteiger partial charge >= 0.3 is 0 Å². The van der Waals surface area contributed by atoms with Gasteiger partial charge in [0, 0.05) is 10.3 Å². The maximum Gasteiger partial charge on any atom is 0.290 e. The molecule has 0 aliphatic carbocycles. The minimum Gasteiger partial charge on any atom is -0.503 e. The van der Waals surface area contributed by atoms with Gasteiger partial charge in [-0.25, -0.2) is 0 Å². The number of para-hydroxylation sites is 1. The fourth-order valence-electron chi connectivity index (χ4n) is 4.27. The van der Waals surface area contributed by atoms with Crippen molar-refractivity contribution in [1.82, 2.24) is 4.90 Å². The standard InChI is InChI=1S/C23H22N2O5S/c26-21(17-14-15-4-1-2-5-16(15)30-17)19-20(18-6-3-13-31-18)25(23(28)22(19)27)8-7-24-9-11-29-12-10-24/h1-6,13-14,20,27H,7-12H2/p+1/t20-/m1/s1. The number of ether oxygens (including phenoxy) is 1. The predicted octanol–water partition coefficient (Wildman–Crippen LogP) is 1.99. The van der Waals surface area contributed by atoms with Crippen molar-refractivity contribution in [3.05, 3.63) is 69.8 Å². The molecule has 1 atom stereocenters. The molecule has 2 aromatic heterocycles. The smallest absolute Gasteiger partial charge is 0.290 e. The van der Waals surface area contributed by atoms with E-state index in [1.54, 1.807) is 17.0 Å². The molecule has 1 fully saturated rings. The molecule has 2 N–H and O–H groups in total. The van der Waals surface area contributed by atoms with Gasteiger partial charge in [0.05, 0.1) is 37.9 Å². The summed E-state index contributed by atoms with van der Waals surface area (Å²) in [5, 5.41) is 13.5. The van der Waals surface area contributed by atoms with Gasteiger partial charge in [0.1, 0.15) is 18.7 Å². The van der Waals surface area contributed by atoms with Crippen LogP contribution in [0.3, 0.4) is 0 Å². The van der Waals surface area contributed by atoms with Gasteiger partial charge in [-0.1, -0.05) is 24.3 Å². The summed E-state index contributed by atoms with van der Waals surface area (Å²) in [6, 6.07) is 12.2. The third-order valence-electron chi connectivity index (χ3n) is 5.92. The number of amides is 1. The number of ketones is 1. The number of fused-ring (bicyclic) bond motifs is 1. The van der Waals surface area contributed by atoms with Crippen LogP contribution in [0.1, 0.15) is 21.5 Å². The van der Waals surface area contributed by atoms with E-state index in [9.17, 15) is 14.7 Å². The Bertz CT molecular complexity index is 1110. The van der Waals surface area contributed by atoms with E-state index in [2.05, 4.69) is 0 Å². The lowest BCUT2D eigenvalue weighted by Gasteiger charge is -2.29. The largest absolute Gasteiger partial charge is 0.503 e. The number of furan rings is 1. The van der Waals surface area contributed by atoms with E-state index in [-0.39, 0.29) is 11.3 Å². The number of nitrogens with one attached hydrogen (secondary N) is 1. The van der Waals surface area contributed by atoms with Crippen molar-refractivity contribution in [1.29, 1.82) is 0 Å². The van der Waals surface area contributed by atoms with Gasteiger partial charge in [-0.3, -0.25) is 9.59 Å². The number of nitrogens with zero attached hydrogens (tertiary/aromatic N) is 1. The van der Waals surface area contributed by atoms with Gasteiger partial charge in [-0.05, 0) is 23.6 Å². The van der Waals surface area contributed by atoms with Gasteiger partial charge in [0.25, 0.3) is 5.91 Å². The SMILES string of the molecule is O=C(C1=C(O)C(=O)N(CC[NH+]2CCOCC2)[C@@H]1c1cccs1)c1cc2ccccc2o1. The average Bonchev–Trinajstić information content (AvgIpc) is 3.52. The van der Waals surface area contributed by atoms with Crippen molar-refractivity contribution >= 4 is 34.0 Å². The van der Waals surface area contributed by atoms with Crippen LogP contribution in [-0.4, -0.2) is 61.1 Å². The van der Waals surface area contributed by atoms with Gasteiger partial charge in [-0.2, -0.15) is 0 Å². The number of rotatable bonds is 6. The summed E-state index contributed by atoms with van der Waals surface area (Å²) in [6.45, 7) is 4.35. The van der Waals surface area contributed by atoms with Crippen LogP contribution in [-0.2, 0) is 9.53 Å². The third-order valence-corrected chi connectivity index (χ3v) is 6.84. The first-order valence-corrected chi connectivity index (χ1v) is 11.2. The van der Waals surface area contributed by atoms with Gasteiger partial charge < -0.3 is 24.1 Å². The van der Waals surface area contributed by atoms with Crippen molar-refractivity contribution in [3.63, 3.8) is 0 Å². The molecule has 7 nitrogen and oxygen atoms in total. The molecule has 8 heteroatoms. The van der Waals surface area contributed by atoms with Crippen molar-refractivity contribution < 1.29 is 28.7 Å². The van der Waals surface area contributed by atoms with E-state index >= 15 is 0 Å². The minimum atomic E-state index is -0.617. The van der Waals surface area contributed by atoms with E-state index in [1.807, 2.05) is 35.7 Å². The third kappa shape index (κ3) is 3.67. The van der Waals surface area contributed by atoms with Crippen LogP contribution in [0.25, 0.3) is 11.0 Å². The highest BCUT2D eigenvalue weighted by molar-refractivity contribution is 7.10. The Hall–Kier alpha value is -2.94. The Morgan fingerprint density at radius 3 is 2.74 bits per heavy atom. The number of quaternary nitrogens is 1. The Balaban J connectivity index is 1.47. The fourth-order valence-corrected chi connectivity index (χ4v) is 5.12. The number of morpholine rings is 1. The van der Waals surface area contributed by atoms with Gasteiger partial charge in [0.15, 0.2) is 11.5 Å². The molecule has 5 rings (SSSR count). The number of Topliss-reactive ketones (excluding diaryl/α,β-unsaturated/α-hetero) is 1. The van der Waals surface area contributed by atoms with Crippen LogP contribution in [0.4, 0.5) is 0 Å². The van der Waals surface area contributed by atoms with E-state index in [1.165, 1.54) is 16.2 Å². The number of aliphatic hydroxyl groups is 1. The molecule has 2 aliphatic rings. The lowest BCUT2D eigenvalue weighted by Crippen LogP contribution is -3.14. The van der Waals surface area contributed by atoms with E-state index in [4.69, 9.17) is 9.15 Å². The number of aliphatic hydroxyl groups excluding tert-OH is 1. The summed E-state index contributed by atoms with van der Waals surface area (Å²) in [6.07, 6.45) is 0.